The Morgan fingerprint density at radius 2 is 1.90 bits per heavy atom. The molecule has 0 aliphatic carbocycles. The van der Waals surface area contributed by atoms with E-state index in [2.05, 4.69) is 64.9 Å². The maximum atomic E-state index is 5.19. The summed E-state index contributed by atoms with van der Waals surface area (Å²) in [6.45, 7) is 8.95. The molecule has 7 nitrogen and oxygen atoms in total. The molecule has 1 heterocycles. The number of hydrogen-bond donors (Lipinski definition) is 1. The zero-order chi connectivity index (χ0) is 15.8. The van der Waals surface area contributed by atoms with E-state index in [0.717, 1.165) is 26.1 Å². The minimum atomic E-state index is 0.302. The van der Waals surface area contributed by atoms with Crippen molar-refractivity contribution >= 4 is 11.9 Å². The predicted octanol–water partition coefficient (Wildman–Crippen LogP) is 1.48. The molecule has 0 fully saturated rings. The van der Waals surface area contributed by atoms with Crippen LogP contribution in [0.1, 0.15) is 27.2 Å². The molecule has 1 N–H and O–H groups in total. The van der Waals surface area contributed by atoms with E-state index in [-0.39, 0.29) is 0 Å². The van der Waals surface area contributed by atoms with Gasteiger partial charge in [-0.15, -0.1) is 0 Å². The van der Waals surface area contributed by atoms with Crippen LogP contribution < -0.4 is 15.0 Å². The molecule has 21 heavy (non-hydrogen) atoms. The van der Waals surface area contributed by atoms with Gasteiger partial charge in [-0.1, -0.05) is 6.92 Å². The number of nitrogens with zero attached hydrogens (tertiary/aromatic N) is 5. The van der Waals surface area contributed by atoms with Gasteiger partial charge in [0.25, 0.3) is 0 Å². The smallest absolute Gasteiger partial charge is 0.322 e. The van der Waals surface area contributed by atoms with Crippen LogP contribution in [0.25, 0.3) is 0 Å². The van der Waals surface area contributed by atoms with E-state index in [1.807, 2.05) is 0 Å². The van der Waals surface area contributed by atoms with Gasteiger partial charge in [-0.25, -0.2) is 0 Å². The topological polar surface area (TPSA) is 66.4 Å². The summed E-state index contributed by atoms with van der Waals surface area (Å²) in [5.41, 5.74) is 0. The SMILES string of the molecule is CCCNc1nc(OC)nc(N(CC)C(C)CN(C)C)n1. The Balaban J connectivity index is 3.01. The zero-order valence-electron chi connectivity index (χ0n) is 14.1. The van der Waals surface area contributed by atoms with Crippen molar-refractivity contribution in [3.8, 4) is 6.01 Å². The largest absolute Gasteiger partial charge is 0.467 e. The molecule has 7 heteroatoms. The van der Waals surface area contributed by atoms with Crippen molar-refractivity contribution in [2.75, 3.05) is 51.1 Å². The Kier molecular flexibility index (Phi) is 7.14. The number of likely N-dealkylation sites (N-methyl/N-ethyl adjacent to an activating group) is 2. The van der Waals surface area contributed by atoms with Gasteiger partial charge in [0.15, 0.2) is 0 Å². The van der Waals surface area contributed by atoms with Crippen molar-refractivity contribution in [2.45, 2.75) is 33.2 Å². The third-order valence-electron chi connectivity index (χ3n) is 3.08. The molecule has 0 aliphatic rings. The molecule has 0 spiro atoms. The van der Waals surface area contributed by atoms with E-state index >= 15 is 0 Å². The molecule has 1 rings (SSSR count). The number of hydrogen-bond acceptors (Lipinski definition) is 7. The highest BCUT2D eigenvalue weighted by Crippen LogP contribution is 2.17. The third-order valence-corrected chi connectivity index (χ3v) is 3.08. The number of aromatic nitrogens is 3. The number of methoxy groups -OCH3 is 1. The lowest BCUT2D eigenvalue weighted by atomic mass is 10.3. The van der Waals surface area contributed by atoms with Gasteiger partial charge >= 0.3 is 6.01 Å². The monoisotopic (exact) mass is 296 g/mol. The van der Waals surface area contributed by atoms with Crippen LogP contribution in [0, 0.1) is 0 Å². The third kappa shape index (κ3) is 5.34. The van der Waals surface area contributed by atoms with Crippen molar-refractivity contribution in [3.63, 3.8) is 0 Å². The molecule has 0 amide bonds. The van der Waals surface area contributed by atoms with Gasteiger partial charge in [-0.05, 0) is 34.4 Å². The first-order chi connectivity index (χ1) is 10.0. The first kappa shape index (κ1) is 17.4. The first-order valence-electron chi connectivity index (χ1n) is 7.47. The van der Waals surface area contributed by atoms with Crippen molar-refractivity contribution in [2.24, 2.45) is 0 Å². The molecule has 1 atom stereocenters. The number of anilines is 2. The van der Waals surface area contributed by atoms with E-state index in [1.54, 1.807) is 7.11 Å². The van der Waals surface area contributed by atoms with E-state index in [1.165, 1.54) is 0 Å². The molecule has 120 valence electrons. The average Bonchev–Trinajstić information content (AvgIpc) is 2.44. The lowest BCUT2D eigenvalue weighted by molar-refractivity contribution is 0.365. The average molecular weight is 296 g/mol. The number of rotatable bonds is 9. The van der Waals surface area contributed by atoms with Crippen LogP contribution in [0.2, 0.25) is 0 Å². The predicted molar refractivity (Wildman–Crippen MR) is 86.2 cm³/mol. The Morgan fingerprint density at radius 3 is 2.43 bits per heavy atom. The second-order valence-corrected chi connectivity index (χ2v) is 5.27. The maximum Gasteiger partial charge on any atom is 0.322 e. The van der Waals surface area contributed by atoms with Gasteiger partial charge in [-0.3, -0.25) is 0 Å². The van der Waals surface area contributed by atoms with Gasteiger partial charge in [0, 0.05) is 25.7 Å². The first-order valence-corrected chi connectivity index (χ1v) is 7.47. The quantitative estimate of drug-likeness (QED) is 0.740. The summed E-state index contributed by atoms with van der Waals surface area (Å²) in [6.07, 6.45) is 1.01. The Labute approximate surface area is 127 Å². The van der Waals surface area contributed by atoms with Crippen LogP contribution in [-0.4, -0.2) is 66.7 Å². The van der Waals surface area contributed by atoms with Crippen LogP contribution in [-0.2, 0) is 0 Å². The van der Waals surface area contributed by atoms with Crippen LogP contribution in [0.3, 0.4) is 0 Å². The summed E-state index contributed by atoms with van der Waals surface area (Å²) < 4.78 is 5.19. The summed E-state index contributed by atoms with van der Waals surface area (Å²) in [4.78, 5) is 17.4. The van der Waals surface area contributed by atoms with Crippen LogP contribution in [0.5, 0.6) is 6.01 Å². The van der Waals surface area contributed by atoms with Gasteiger partial charge in [0.05, 0.1) is 7.11 Å². The summed E-state index contributed by atoms with van der Waals surface area (Å²) in [5, 5.41) is 3.19. The molecular formula is C14H28N6O. The molecule has 0 saturated carbocycles. The highest BCUT2D eigenvalue weighted by molar-refractivity contribution is 5.39. The van der Waals surface area contributed by atoms with Crippen molar-refractivity contribution in [1.82, 2.24) is 19.9 Å². The second kappa shape index (κ2) is 8.61. The van der Waals surface area contributed by atoms with Crippen LogP contribution in [0.15, 0.2) is 0 Å². The normalized spacial score (nSPS) is 12.3. The molecule has 0 bridgehead atoms. The van der Waals surface area contributed by atoms with E-state index in [0.29, 0.717) is 23.9 Å². The Bertz CT molecular complexity index is 426. The highest BCUT2D eigenvalue weighted by Gasteiger charge is 2.18. The minimum Gasteiger partial charge on any atom is -0.467 e. The Morgan fingerprint density at radius 1 is 1.19 bits per heavy atom. The van der Waals surface area contributed by atoms with E-state index in [4.69, 9.17) is 4.74 Å². The van der Waals surface area contributed by atoms with E-state index in [9.17, 15) is 0 Å². The van der Waals surface area contributed by atoms with E-state index < -0.39 is 0 Å². The fraction of sp³-hybridized carbons (Fsp3) is 0.786. The van der Waals surface area contributed by atoms with Crippen molar-refractivity contribution < 1.29 is 4.74 Å². The van der Waals surface area contributed by atoms with Gasteiger partial charge < -0.3 is 19.9 Å². The number of ether oxygens (including phenoxy) is 1. The fourth-order valence-electron chi connectivity index (χ4n) is 2.16. The maximum absolute atomic E-state index is 5.19. The summed E-state index contributed by atoms with van der Waals surface area (Å²) in [5.74, 6) is 1.21. The molecule has 0 aliphatic heterocycles. The summed E-state index contributed by atoms with van der Waals surface area (Å²) >= 11 is 0. The van der Waals surface area contributed by atoms with Crippen LogP contribution in [0.4, 0.5) is 11.9 Å². The molecular weight excluding hydrogens is 268 g/mol. The molecule has 0 aromatic carbocycles. The minimum absolute atomic E-state index is 0.302. The van der Waals surface area contributed by atoms with Gasteiger partial charge in [0.1, 0.15) is 0 Å². The summed E-state index contributed by atoms with van der Waals surface area (Å²) in [7, 11) is 5.70. The van der Waals surface area contributed by atoms with Crippen LogP contribution >= 0.6 is 0 Å². The van der Waals surface area contributed by atoms with Gasteiger partial charge in [-0.2, -0.15) is 15.0 Å². The lowest BCUT2D eigenvalue weighted by Crippen LogP contribution is -2.41. The Hall–Kier alpha value is -1.63. The molecule has 0 saturated heterocycles. The van der Waals surface area contributed by atoms with Crippen molar-refractivity contribution in [3.05, 3.63) is 0 Å². The standard InChI is InChI=1S/C14H28N6O/c1-7-9-15-12-16-13(18-14(17-12)21-6)20(8-2)11(3)10-19(4)5/h11H,7-10H2,1-6H3,(H,15,16,17,18). The van der Waals surface area contributed by atoms with Crippen molar-refractivity contribution in [1.29, 1.82) is 0 Å². The lowest BCUT2D eigenvalue weighted by Gasteiger charge is -2.30. The fourth-order valence-corrected chi connectivity index (χ4v) is 2.16. The van der Waals surface area contributed by atoms with Gasteiger partial charge in [0.2, 0.25) is 11.9 Å². The second-order valence-electron chi connectivity index (χ2n) is 5.27. The summed E-state index contributed by atoms with van der Waals surface area (Å²) in [6, 6.07) is 0.644. The highest BCUT2D eigenvalue weighted by atomic mass is 16.5. The zero-order valence-corrected chi connectivity index (χ0v) is 14.1. The molecule has 1 aromatic heterocycles. The molecule has 0 radical (unpaired) electrons. The number of nitrogens with one attached hydrogen (secondary N) is 1. The molecule has 1 unspecified atom stereocenters. The molecule has 1 aromatic rings.